The molecule has 0 N–H and O–H groups in total. The van der Waals surface area contributed by atoms with Crippen LogP contribution in [0.2, 0.25) is 4.44 Å². The number of hydrogen-bond donors (Lipinski definition) is 0. The molecule has 43 heavy (non-hydrogen) atoms. The number of rotatable bonds is 11. The van der Waals surface area contributed by atoms with Crippen molar-refractivity contribution in [2.45, 2.75) is 150 Å². The second-order valence-electron chi connectivity index (χ2n) is 16.1. The van der Waals surface area contributed by atoms with Gasteiger partial charge in [0.05, 0.1) is 0 Å². The Morgan fingerprint density at radius 1 is 0.512 bits per heavy atom. The third kappa shape index (κ3) is 8.59. The van der Waals surface area contributed by atoms with Gasteiger partial charge in [-0.05, 0) is 0 Å². The minimum atomic E-state index is -1.16. The van der Waals surface area contributed by atoms with Crippen molar-refractivity contribution in [3.8, 4) is 22.3 Å². The van der Waals surface area contributed by atoms with Gasteiger partial charge in [0.25, 0.3) is 0 Å². The molecular formula is C42H63Sn. The Hall–Kier alpha value is -1.54. The van der Waals surface area contributed by atoms with E-state index >= 15 is 0 Å². The predicted molar refractivity (Wildman–Crippen MR) is 198 cm³/mol. The molecule has 0 atom stereocenters. The predicted octanol–water partition coefficient (Wildman–Crippen LogP) is 12.7. The van der Waals surface area contributed by atoms with E-state index in [2.05, 4.69) is 146 Å². The molecule has 0 nitrogen and oxygen atoms in total. The van der Waals surface area contributed by atoms with Crippen LogP contribution >= 0.6 is 0 Å². The first-order valence-corrected chi connectivity index (χ1v) is 21.2. The summed E-state index contributed by atoms with van der Waals surface area (Å²) in [6.07, 6.45) is 1.31. The van der Waals surface area contributed by atoms with E-state index < -0.39 is 21.1 Å². The van der Waals surface area contributed by atoms with Gasteiger partial charge in [-0.25, -0.2) is 0 Å². The monoisotopic (exact) mass is 687 g/mol. The van der Waals surface area contributed by atoms with E-state index in [4.69, 9.17) is 0 Å². The molecule has 0 unspecified atom stereocenters. The topological polar surface area (TPSA) is 0 Å². The Morgan fingerprint density at radius 3 is 1.09 bits per heavy atom. The van der Waals surface area contributed by atoms with E-state index in [9.17, 15) is 0 Å². The molecule has 0 aliphatic rings. The van der Waals surface area contributed by atoms with Gasteiger partial charge in [0.2, 0.25) is 0 Å². The van der Waals surface area contributed by atoms with Gasteiger partial charge in [0.15, 0.2) is 0 Å². The molecule has 3 rings (SSSR count). The molecule has 0 aliphatic carbocycles. The molecule has 3 aromatic carbocycles. The van der Waals surface area contributed by atoms with Crippen LogP contribution in [0, 0.1) is 5.41 Å². The summed E-state index contributed by atoms with van der Waals surface area (Å²) in [4.78, 5) is 0. The molecule has 0 aromatic heterocycles. The molecule has 0 bridgehead atoms. The summed E-state index contributed by atoms with van der Waals surface area (Å²) in [5, 5.41) is 0. The number of hydrogen-bond acceptors (Lipinski definition) is 0. The van der Waals surface area contributed by atoms with Crippen molar-refractivity contribution in [2.75, 3.05) is 0 Å². The third-order valence-electron chi connectivity index (χ3n) is 9.15. The zero-order chi connectivity index (χ0) is 32.4. The van der Waals surface area contributed by atoms with Gasteiger partial charge >= 0.3 is 278 Å². The molecular weight excluding hydrogens is 623 g/mol. The van der Waals surface area contributed by atoms with E-state index in [1.165, 1.54) is 44.2 Å². The first kappa shape index (κ1) is 35.9. The summed E-state index contributed by atoms with van der Waals surface area (Å²) in [5.41, 5.74) is 15.7. The molecule has 0 heterocycles. The fraction of sp³-hybridized carbons (Fsp3) is 0.571. The van der Waals surface area contributed by atoms with Gasteiger partial charge in [-0.2, -0.15) is 0 Å². The summed E-state index contributed by atoms with van der Waals surface area (Å²) in [5.74, 6) is 2.98. The van der Waals surface area contributed by atoms with E-state index in [-0.39, 0.29) is 0 Å². The average Bonchev–Trinajstić information content (AvgIpc) is 2.90. The fourth-order valence-corrected chi connectivity index (χ4v) is 12.7. The summed E-state index contributed by atoms with van der Waals surface area (Å²) >= 11 is -1.16. The van der Waals surface area contributed by atoms with Gasteiger partial charge in [-0.3, -0.25) is 0 Å². The van der Waals surface area contributed by atoms with Crippen LogP contribution in [0.15, 0.2) is 42.5 Å². The molecule has 1 radical (unpaired) electrons. The second-order valence-corrected chi connectivity index (χ2v) is 20.6. The molecule has 0 saturated carbocycles. The van der Waals surface area contributed by atoms with Gasteiger partial charge in [-0.1, -0.05) is 0 Å². The third-order valence-corrected chi connectivity index (χ3v) is 13.7. The molecule has 3 aromatic rings. The maximum absolute atomic E-state index is 2.55. The van der Waals surface area contributed by atoms with E-state index in [1.54, 1.807) is 25.8 Å². The van der Waals surface area contributed by atoms with Gasteiger partial charge in [0, 0.05) is 0 Å². The first-order chi connectivity index (χ1) is 19.9. The molecule has 1 heteroatoms. The van der Waals surface area contributed by atoms with Crippen LogP contribution in [0.5, 0.6) is 0 Å². The quantitative estimate of drug-likeness (QED) is 0.176. The Kier molecular flexibility index (Phi) is 12.3. The Morgan fingerprint density at radius 2 is 0.837 bits per heavy atom. The second kappa shape index (κ2) is 14.7. The number of benzene rings is 3. The van der Waals surface area contributed by atoms with Crippen LogP contribution < -0.4 is 3.58 Å². The molecule has 235 valence electrons. The van der Waals surface area contributed by atoms with Crippen molar-refractivity contribution >= 4 is 24.7 Å². The summed E-state index contributed by atoms with van der Waals surface area (Å²) in [6.45, 7) is 35.8. The summed E-state index contributed by atoms with van der Waals surface area (Å²) in [7, 11) is 0. The zero-order valence-electron chi connectivity index (χ0n) is 30.5. The van der Waals surface area contributed by atoms with Crippen LogP contribution in [-0.4, -0.2) is 21.1 Å². The standard InChI is InChI=1S/C36H49.C6H13.Sn.H/c1-21(2)29-17-31(23(5)6)35(32(18-29)24(7)8)27-14-13-15-28(16-27)36-33(25(9)10)19-30(22(3)4)20-34(36)26(11)12;1-5-6(2,3)4;;/h13-15,17-26H,1-12H3;1,5H2,2-4H3;;. The SMILES string of the molecule is CC(C)c1cc(C(C)C)c(-c2cccc(-c3c(C(C)C)cc(C(C)C)cc3C(C)C)[c]2[SnH][CH2]CC(C)(C)C)c(C(C)C)c1. The van der Waals surface area contributed by atoms with E-state index in [0.29, 0.717) is 40.9 Å². The van der Waals surface area contributed by atoms with E-state index in [1.807, 2.05) is 0 Å². The van der Waals surface area contributed by atoms with E-state index in [0.717, 1.165) is 0 Å². The summed E-state index contributed by atoms with van der Waals surface area (Å²) in [6, 6.07) is 17.6. The first-order valence-electron chi connectivity index (χ1n) is 17.3. The molecule has 0 spiro atoms. The normalized spacial score (nSPS) is 12.7. The average molecular weight is 687 g/mol. The molecule has 0 amide bonds. The van der Waals surface area contributed by atoms with Crippen molar-refractivity contribution in [3.05, 3.63) is 75.8 Å². The Labute approximate surface area is 277 Å². The van der Waals surface area contributed by atoms with Crippen molar-refractivity contribution in [1.82, 2.24) is 0 Å². The zero-order valence-corrected chi connectivity index (χ0v) is 33.8. The van der Waals surface area contributed by atoms with Gasteiger partial charge in [0.1, 0.15) is 0 Å². The Bertz CT molecular complexity index is 1220. The van der Waals surface area contributed by atoms with Crippen LogP contribution in [0.1, 0.15) is 179 Å². The molecule has 0 aliphatic heterocycles. The van der Waals surface area contributed by atoms with Gasteiger partial charge < -0.3 is 0 Å². The molecule has 0 fully saturated rings. The van der Waals surface area contributed by atoms with Crippen molar-refractivity contribution in [3.63, 3.8) is 0 Å². The van der Waals surface area contributed by atoms with Crippen LogP contribution in [0.25, 0.3) is 22.3 Å². The van der Waals surface area contributed by atoms with Crippen LogP contribution in [0.4, 0.5) is 0 Å². The maximum atomic E-state index is 2.55. The van der Waals surface area contributed by atoms with Gasteiger partial charge in [-0.15, -0.1) is 0 Å². The van der Waals surface area contributed by atoms with Crippen molar-refractivity contribution < 1.29 is 0 Å². The van der Waals surface area contributed by atoms with Crippen LogP contribution in [0.3, 0.4) is 0 Å². The summed E-state index contributed by atoms with van der Waals surface area (Å²) < 4.78 is 3.13. The Balaban J connectivity index is 2.52. The van der Waals surface area contributed by atoms with Crippen LogP contribution in [-0.2, 0) is 0 Å². The minimum absolute atomic E-state index is 0.372. The van der Waals surface area contributed by atoms with Crippen molar-refractivity contribution in [1.29, 1.82) is 0 Å². The fourth-order valence-electron chi connectivity index (χ4n) is 6.40. The van der Waals surface area contributed by atoms with Crippen molar-refractivity contribution in [2.24, 2.45) is 5.41 Å². The molecule has 0 saturated heterocycles.